The second kappa shape index (κ2) is 8.25. The highest BCUT2D eigenvalue weighted by molar-refractivity contribution is 5.81. The molecule has 0 aromatic carbocycles. The number of esters is 1. The molecule has 0 rings (SSSR count). The molecule has 0 saturated carbocycles. The minimum atomic E-state index is -0.477. The van der Waals surface area contributed by atoms with Crippen molar-refractivity contribution in [3.05, 3.63) is 12.7 Å². The molecule has 0 aliphatic heterocycles. The lowest BCUT2D eigenvalue weighted by molar-refractivity contribution is -0.138. The molecule has 0 heterocycles. The maximum Gasteiger partial charge on any atom is 0.330 e. The highest BCUT2D eigenvalue weighted by Crippen LogP contribution is 1.79. The second-order valence-electron chi connectivity index (χ2n) is 2.58. The average Bonchev–Trinajstić information content (AvgIpc) is 2.21. The fourth-order valence-electron chi connectivity index (χ4n) is 0.728. The van der Waals surface area contributed by atoms with Crippen LogP contribution in [0.15, 0.2) is 12.7 Å². The number of hydrogen-bond acceptors (Lipinski definition) is 4. The summed E-state index contributed by atoms with van der Waals surface area (Å²) < 4.78 is 4.66. The zero-order valence-electron chi connectivity index (χ0n) is 8.34. The highest BCUT2D eigenvalue weighted by Gasteiger charge is 1.99. The van der Waals surface area contributed by atoms with E-state index < -0.39 is 5.97 Å². The topological polar surface area (TPSA) is 67.4 Å². The summed E-state index contributed by atoms with van der Waals surface area (Å²) in [6.07, 6.45) is 1.51. The first-order chi connectivity index (χ1) is 6.70. The minimum absolute atomic E-state index is 0.0611. The molecular formula is C9H16N2O3. The van der Waals surface area contributed by atoms with Gasteiger partial charge in [-0.3, -0.25) is 4.79 Å². The molecule has 0 fully saturated rings. The van der Waals surface area contributed by atoms with Gasteiger partial charge >= 0.3 is 5.97 Å². The molecule has 2 N–H and O–H groups in total. The summed E-state index contributed by atoms with van der Waals surface area (Å²) >= 11 is 0. The molecule has 0 spiro atoms. The first-order valence-electron chi connectivity index (χ1n) is 4.41. The number of carbonyl (C=O) groups is 2. The van der Waals surface area contributed by atoms with Crippen LogP contribution < -0.4 is 10.6 Å². The van der Waals surface area contributed by atoms with Gasteiger partial charge in [0.15, 0.2) is 0 Å². The zero-order valence-corrected chi connectivity index (χ0v) is 8.34. The third kappa shape index (κ3) is 7.30. The maximum absolute atomic E-state index is 11.0. The number of nitrogens with one attached hydrogen (secondary N) is 2. The van der Waals surface area contributed by atoms with Crippen LogP contribution in [0.1, 0.15) is 6.42 Å². The molecule has 0 aliphatic carbocycles. The van der Waals surface area contributed by atoms with Gasteiger partial charge in [-0.15, -0.1) is 0 Å². The lowest BCUT2D eigenvalue weighted by atomic mass is 10.4. The van der Waals surface area contributed by atoms with Crippen molar-refractivity contribution in [1.29, 1.82) is 0 Å². The highest BCUT2D eigenvalue weighted by atomic mass is 16.5. The normalized spacial score (nSPS) is 9.21. The van der Waals surface area contributed by atoms with E-state index in [1.54, 1.807) is 7.05 Å². The van der Waals surface area contributed by atoms with Crippen LogP contribution in [0.3, 0.4) is 0 Å². The van der Waals surface area contributed by atoms with Crippen LogP contribution >= 0.6 is 0 Å². The van der Waals surface area contributed by atoms with Crippen molar-refractivity contribution >= 4 is 11.9 Å². The van der Waals surface area contributed by atoms with Gasteiger partial charge in [-0.2, -0.15) is 0 Å². The predicted octanol–water partition coefficient (Wildman–Crippen LogP) is -0.559. The van der Waals surface area contributed by atoms with Crippen molar-refractivity contribution in [3.63, 3.8) is 0 Å². The van der Waals surface area contributed by atoms with Gasteiger partial charge < -0.3 is 15.4 Å². The summed E-state index contributed by atoms with van der Waals surface area (Å²) in [7, 11) is 1.78. The fourth-order valence-corrected chi connectivity index (χ4v) is 0.728. The second-order valence-corrected chi connectivity index (χ2v) is 2.58. The van der Waals surface area contributed by atoms with Crippen LogP contribution in [0, 0.1) is 0 Å². The molecule has 14 heavy (non-hydrogen) atoms. The van der Waals surface area contributed by atoms with E-state index in [4.69, 9.17) is 0 Å². The summed E-state index contributed by atoms with van der Waals surface area (Å²) in [6.45, 7) is 4.39. The summed E-state index contributed by atoms with van der Waals surface area (Å²) in [4.78, 5) is 21.6. The molecule has 1 amide bonds. The Morgan fingerprint density at radius 1 is 1.43 bits per heavy atom. The van der Waals surface area contributed by atoms with Crippen LogP contribution in [0.5, 0.6) is 0 Å². The van der Waals surface area contributed by atoms with E-state index in [-0.39, 0.29) is 12.5 Å². The van der Waals surface area contributed by atoms with Gasteiger partial charge in [0.2, 0.25) is 5.91 Å². The minimum Gasteiger partial charge on any atom is -0.461 e. The molecule has 0 atom stereocenters. The summed E-state index contributed by atoms with van der Waals surface area (Å²) in [5.74, 6) is -0.538. The van der Waals surface area contributed by atoms with Crippen molar-refractivity contribution in [1.82, 2.24) is 10.6 Å². The number of amides is 1. The third-order valence-corrected chi connectivity index (χ3v) is 1.44. The Bertz CT molecular complexity index is 204. The molecule has 5 nitrogen and oxygen atoms in total. The number of ether oxygens (including phenoxy) is 1. The lowest BCUT2D eigenvalue weighted by Gasteiger charge is -2.04. The van der Waals surface area contributed by atoms with Gasteiger partial charge in [0.05, 0.1) is 6.54 Å². The first kappa shape index (κ1) is 12.6. The van der Waals surface area contributed by atoms with E-state index in [9.17, 15) is 9.59 Å². The van der Waals surface area contributed by atoms with Gasteiger partial charge in [-0.05, 0) is 7.05 Å². The smallest absolute Gasteiger partial charge is 0.330 e. The summed E-state index contributed by atoms with van der Waals surface area (Å²) in [5, 5.41) is 5.46. The molecule has 0 aromatic heterocycles. The Balaban J connectivity index is 3.31. The van der Waals surface area contributed by atoms with E-state index in [0.717, 1.165) is 6.08 Å². The Morgan fingerprint density at radius 2 is 2.14 bits per heavy atom. The maximum atomic E-state index is 11.0. The first-order valence-corrected chi connectivity index (χ1v) is 4.41. The van der Waals surface area contributed by atoms with E-state index >= 15 is 0 Å². The molecule has 0 radical (unpaired) electrons. The van der Waals surface area contributed by atoms with Crippen LogP contribution in [0.2, 0.25) is 0 Å². The number of rotatable bonds is 7. The molecule has 0 aromatic rings. The van der Waals surface area contributed by atoms with Crippen molar-refractivity contribution in [3.8, 4) is 0 Å². The molecular weight excluding hydrogens is 184 g/mol. The van der Waals surface area contributed by atoms with E-state index in [1.165, 1.54) is 0 Å². The summed E-state index contributed by atoms with van der Waals surface area (Å²) in [5.41, 5.74) is 0. The van der Waals surface area contributed by atoms with Gasteiger partial charge in [0, 0.05) is 19.0 Å². The van der Waals surface area contributed by atoms with Crippen LogP contribution in [-0.2, 0) is 14.3 Å². The van der Waals surface area contributed by atoms with Crippen LogP contribution in [0.4, 0.5) is 0 Å². The van der Waals surface area contributed by atoms with E-state index in [0.29, 0.717) is 19.5 Å². The van der Waals surface area contributed by atoms with Crippen molar-refractivity contribution in [2.75, 3.05) is 26.7 Å². The molecule has 0 unspecified atom stereocenters. The standard InChI is InChI=1S/C9H16N2O3/c1-3-9(13)14-7-6-11-8(12)4-5-10-2/h3,10H,1,4-7H2,2H3,(H,11,12). The van der Waals surface area contributed by atoms with Gasteiger partial charge in [0.1, 0.15) is 6.61 Å². The largest absolute Gasteiger partial charge is 0.461 e. The Morgan fingerprint density at radius 3 is 2.71 bits per heavy atom. The van der Waals surface area contributed by atoms with Crippen molar-refractivity contribution < 1.29 is 14.3 Å². The number of carbonyl (C=O) groups excluding carboxylic acids is 2. The van der Waals surface area contributed by atoms with Crippen LogP contribution in [0.25, 0.3) is 0 Å². The molecule has 5 heteroatoms. The van der Waals surface area contributed by atoms with Crippen molar-refractivity contribution in [2.45, 2.75) is 6.42 Å². The third-order valence-electron chi connectivity index (χ3n) is 1.44. The SMILES string of the molecule is C=CC(=O)OCCNC(=O)CCNC. The molecule has 80 valence electrons. The summed E-state index contributed by atoms with van der Waals surface area (Å²) in [6, 6.07) is 0. The lowest BCUT2D eigenvalue weighted by Crippen LogP contribution is -2.29. The Kier molecular flexibility index (Phi) is 7.45. The van der Waals surface area contributed by atoms with Gasteiger partial charge in [0.25, 0.3) is 0 Å². The number of hydrogen-bond donors (Lipinski definition) is 2. The van der Waals surface area contributed by atoms with Gasteiger partial charge in [-0.25, -0.2) is 4.79 Å². The fraction of sp³-hybridized carbons (Fsp3) is 0.556. The van der Waals surface area contributed by atoms with Crippen LogP contribution in [-0.4, -0.2) is 38.6 Å². The van der Waals surface area contributed by atoms with Crippen molar-refractivity contribution in [2.24, 2.45) is 0 Å². The van der Waals surface area contributed by atoms with Gasteiger partial charge in [-0.1, -0.05) is 6.58 Å². The van der Waals surface area contributed by atoms with E-state index in [1.807, 2.05) is 0 Å². The average molecular weight is 200 g/mol. The predicted molar refractivity (Wildman–Crippen MR) is 52.7 cm³/mol. The van der Waals surface area contributed by atoms with E-state index in [2.05, 4.69) is 21.9 Å². The molecule has 0 aliphatic rings. The molecule has 0 saturated heterocycles. The zero-order chi connectivity index (χ0) is 10.8. The quantitative estimate of drug-likeness (QED) is 0.328. The monoisotopic (exact) mass is 200 g/mol. The Hall–Kier alpha value is -1.36. The Labute approximate surface area is 83.5 Å². The molecule has 0 bridgehead atoms.